The van der Waals surface area contributed by atoms with Gasteiger partial charge in [0.15, 0.2) is 0 Å². The highest BCUT2D eigenvalue weighted by Crippen LogP contribution is 2.42. The Bertz CT molecular complexity index is 627. The smallest absolute Gasteiger partial charge is 0.228 e. The molecule has 2 aliphatic rings. The zero-order chi connectivity index (χ0) is 16.6. The Hall–Kier alpha value is -1.26. The Kier molecular flexibility index (Phi) is 4.83. The minimum Gasteiger partial charge on any atom is -0.342 e. The molecule has 4 nitrogen and oxygen atoms in total. The molecule has 1 saturated heterocycles. The zero-order valence-corrected chi connectivity index (χ0v) is 14.5. The van der Waals surface area contributed by atoms with E-state index in [1.807, 2.05) is 4.90 Å². The molecular weight excluding hydrogens is 335 g/mol. The molecule has 3 rings (SSSR count). The second-order valence-electron chi connectivity index (χ2n) is 6.55. The minimum absolute atomic E-state index is 0.120. The van der Waals surface area contributed by atoms with Crippen LogP contribution in [-0.2, 0) is 9.59 Å². The summed E-state index contributed by atoms with van der Waals surface area (Å²) in [5.41, 5.74) is 0.495. The van der Waals surface area contributed by atoms with E-state index < -0.39 is 0 Å². The van der Waals surface area contributed by atoms with Crippen LogP contribution in [0.5, 0.6) is 0 Å². The first-order valence-electron chi connectivity index (χ1n) is 8.01. The van der Waals surface area contributed by atoms with Crippen LogP contribution >= 0.6 is 23.2 Å². The van der Waals surface area contributed by atoms with E-state index in [1.165, 1.54) is 0 Å². The number of rotatable bonds is 3. The lowest BCUT2D eigenvalue weighted by Crippen LogP contribution is -2.39. The molecule has 0 bridgehead atoms. The summed E-state index contributed by atoms with van der Waals surface area (Å²) in [5.74, 6) is 0.215. The second kappa shape index (κ2) is 6.70. The van der Waals surface area contributed by atoms with Crippen LogP contribution in [-0.4, -0.2) is 29.8 Å². The summed E-state index contributed by atoms with van der Waals surface area (Å²) >= 11 is 12.0. The van der Waals surface area contributed by atoms with E-state index in [2.05, 4.69) is 12.2 Å². The Balaban J connectivity index is 1.56. The molecule has 1 aliphatic heterocycles. The first kappa shape index (κ1) is 16.6. The number of nitrogens with one attached hydrogen (secondary N) is 1. The Labute approximate surface area is 146 Å². The van der Waals surface area contributed by atoms with Crippen molar-refractivity contribution < 1.29 is 9.59 Å². The lowest BCUT2D eigenvalue weighted by molar-refractivity contribution is -0.135. The van der Waals surface area contributed by atoms with Crippen LogP contribution < -0.4 is 5.32 Å². The van der Waals surface area contributed by atoms with Gasteiger partial charge in [-0.15, -0.1) is 0 Å². The molecule has 2 amide bonds. The van der Waals surface area contributed by atoms with Gasteiger partial charge in [-0.05, 0) is 37.3 Å². The fraction of sp³-hybridized carbons (Fsp3) is 0.529. The van der Waals surface area contributed by atoms with Crippen molar-refractivity contribution in [2.24, 2.45) is 17.8 Å². The third-order valence-electron chi connectivity index (χ3n) is 4.75. The van der Waals surface area contributed by atoms with Gasteiger partial charge in [-0.25, -0.2) is 0 Å². The van der Waals surface area contributed by atoms with Crippen molar-refractivity contribution in [3.8, 4) is 0 Å². The summed E-state index contributed by atoms with van der Waals surface area (Å²) in [4.78, 5) is 26.7. The van der Waals surface area contributed by atoms with Gasteiger partial charge in [-0.2, -0.15) is 0 Å². The van der Waals surface area contributed by atoms with Gasteiger partial charge in [0.25, 0.3) is 0 Å². The predicted octanol–water partition coefficient (Wildman–Crippen LogP) is 3.83. The number of halogens is 2. The van der Waals surface area contributed by atoms with Gasteiger partial charge >= 0.3 is 0 Å². The molecule has 1 heterocycles. The number of carbonyl (C=O) groups is 2. The SMILES string of the molecule is CC1CCN(C(=O)C2CC2C(=O)Nc2cccc(Cl)c2Cl)CC1. The number of hydrogen-bond acceptors (Lipinski definition) is 2. The molecule has 1 N–H and O–H groups in total. The highest BCUT2D eigenvalue weighted by molar-refractivity contribution is 6.44. The third kappa shape index (κ3) is 3.64. The molecule has 2 fully saturated rings. The lowest BCUT2D eigenvalue weighted by atomic mass is 9.99. The molecule has 1 aromatic rings. The molecule has 0 radical (unpaired) electrons. The minimum atomic E-state index is -0.253. The van der Waals surface area contributed by atoms with Crippen LogP contribution in [0.1, 0.15) is 26.2 Å². The van der Waals surface area contributed by atoms with E-state index in [4.69, 9.17) is 23.2 Å². The van der Waals surface area contributed by atoms with E-state index in [-0.39, 0.29) is 23.7 Å². The molecule has 1 aromatic carbocycles. The number of benzene rings is 1. The first-order valence-corrected chi connectivity index (χ1v) is 8.76. The molecule has 6 heteroatoms. The Morgan fingerprint density at radius 1 is 1.17 bits per heavy atom. The van der Waals surface area contributed by atoms with Gasteiger partial charge < -0.3 is 10.2 Å². The Morgan fingerprint density at radius 3 is 2.57 bits per heavy atom. The van der Waals surface area contributed by atoms with Crippen LogP contribution in [0.3, 0.4) is 0 Å². The van der Waals surface area contributed by atoms with Crippen LogP contribution in [0.4, 0.5) is 5.69 Å². The molecule has 2 atom stereocenters. The monoisotopic (exact) mass is 354 g/mol. The van der Waals surface area contributed by atoms with Crippen molar-refractivity contribution >= 4 is 40.7 Å². The van der Waals surface area contributed by atoms with Gasteiger partial charge in [0, 0.05) is 13.1 Å². The molecule has 23 heavy (non-hydrogen) atoms. The zero-order valence-electron chi connectivity index (χ0n) is 13.0. The average molecular weight is 355 g/mol. The van der Waals surface area contributed by atoms with E-state index in [0.717, 1.165) is 25.9 Å². The normalized spacial score (nSPS) is 24.4. The summed E-state index contributed by atoms with van der Waals surface area (Å²) in [6.45, 7) is 3.83. The van der Waals surface area contributed by atoms with Crippen LogP contribution in [0.25, 0.3) is 0 Å². The second-order valence-corrected chi connectivity index (χ2v) is 7.33. The number of amides is 2. The van der Waals surface area contributed by atoms with E-state index >= 15 is 0 Å². The van der Waals surface area contributed by atoms with Gasteiger partial charge in [0.05, 0.1) is 27.6 Å². The lowest BCUT2D eigenvalue weighted by Gasteiger charge is -2.30. The average Bonchev–Trinajstić information content (AvgIpc) is 3.32. The van der Waals surface area contributed by atoms with Gasteiger partial charge in [0.1, 0.15) is 0 Å². The molecule has 124 valence electrons. The maximum absolute atomic E-state index is 12.5. The van der Waals surface area contributed by atoms with Crippen LogP contribution in [0.2, 0.25) is 10.0 Å². The predicted molar refractivity (Wildman–Crippen MR) is 91.7 cm³/mol. The number of piperidine rings is 1. The summed E-state index contributed by atoms with van der Waals surface area (Å²) in [7, 11) is 0. The molecular formula is C17H20Cl2N2O2. The van der Waals surface area contributed by atoms with Crippen molar-refractivity contribution in [3.05, 3.63) is 28.2 Å². The Morgan fingerprint density at radius 2 is 1.87 bits per heavy atom. The maximum Gasteiger partial charge on any atom is 0.228 e. The van der Waals surface area contributed by atoms with Gasteiger partial charge in [0.2, 0.25) is 11.8 Å². The highest BCUT2D eigenvalue weighted by Gasteiger charge is 2.49. The molecule has 2 unspecified atom stereocenters. The van der Waals surface area contributed by atoms with E-state index in [9.17, 15) is 9.59 Å². The van der Waals surface area contributed by atoms with E-state index in [0.29, 0.717) is 28.1 Å². The summed E-state index contributed by atoms with van der Waals surface area (Å²) in [6, 6.07) is 5.10. The van der Waals surface area contributed by atoms with Crippen LogP contribution in [0.15, 0.2) is 18.2 Å². The standard InChI is InChI=1S/C17H20Cl2N2O2/c1-10-5-7-21(8-6-10)17(23)12-9-11(12)16(22)20-14-4-2-3-13(18)15(14)19/h2-4,10-12H,5-9H2,1H3,(H,20,22). The summed E-state index contributed by atoms with van der Waals surface area (Å²) < 4.78 is 0. The highest BCUT2D eigenvalue weighted by atomic mass is 35.5. The van der Waals surface area contributed by atoms with Crippen molar-refractivity contribution in [1.82, 2.24) is 4.90 Å². The van der Waals surface area contributed by atoms with Crippen molar-refractivity contribution in [1.29, 1.82) is 0 Å². The van der Waals surface area contributed by atoms with Crippen molar-refractivity contribution in [3.63, 3.8) is 0 Å². The largest absolute Gasteiger partial charge is 0.342 e. The number of carbonyl (C=O) groups excluding carboxylic acids is 2. The van der Waals surface area contributed by atoms with Crippen molar-refractivity contribution in [2.45, 2.75) is 26.2 Å². The number of nitrogens with zero attached hydrogens (tertiary/aromatic N) is 1. The number of anilines is 1. The van der Waals surface area contributed by atoms with E-state index in [1.54, 1.807) is 18.2 Å². The quantitative estimate of drug-likeness (QED) is 0.896. The van der Waals surface area contributed by atoms with Gasteiger partial charge in [-0.1, -0.05) is 36.2 Å². The fourth-order valence-electron chi connectivity index (χ4n) is 3.05. The summed E-state index contributed by atoms with van der Waals surface area (Å²) in [6.07, 6.45) is 2.72. The fourth-order valence-corrected chi connectivity index (χ4v) is 3.39. The maximum atomic E-state index is 12.5. The van der Waals surface area contributed by atoms with Crippen molar-refractivity contribution in [2.75, 3.05) is 18.4 Å². The summed E-state index contributed by atoms with van der Waals surface area (Å²) in [5, 5.41) is 3.51. The topological polar surface area (TPSA) is 49.4 Å². The molecule has 1 saturated carbocycles. The van der Waals surface area contributed by atoms with Gasteiger partial charge in [-0.3, -0.25) is 9.59 Å². The third-order valence-corrected chi connectivity index (χ3v) is 5.57. The molecule has 0 spiro atoms. The first-order chi connectivity index (χ1) is 11.0. The molecule has 1 aliphatic carbocycles. The number of hydrogen-bond donors (Lipinski definition) is 1. The molecule has 0 aromatic heterocycles. The number of likely N-dealkylation sites (tertiary alicyclic amines) is 1. The van der Waals surface area contributed by atoms with Crippen LogP contribution in [0, 0.1) is 17.8 Å².